The van der Waals surface area contributed by atoms with Crippen LogP contribution in [-0.4, -0.2) is 69.2 Å². The summed E-state index contributed by atoms with van der Waals surface area (Å²) in [7, 11) is 1.25. The molecule has 1 unspecified atom stereocenters. The van der Waals surface area contributed by atoms with Gasteiger partial charge in [-0.3, -0.25) is 28.5 Å². The van der Waals surface area contributed by atoms with Crippen molar-refractivity contribution in [2.24, 2.45) is 5.92 Å². The number of thioether (sulfide) groups is 1. The Balaban J connectivity index is 1.86. The van der Waals surface area contributed by atoms with E-state index in [1.807, 2.05) is 13.0 Å². The average molecular weight is 544 g/mol. The molecule has 0 radical (unpaired) electrons. The van der Waals surface area contributed by atoms with Crippen molar-refractivity contribution in [3.05, 3.63) is 44.7 Å². The lowest BCUT2D eigenvalue weighted by atomic mass is 10.1. The lowest BCUT2D eigenvalue weighted by Gasteiger charge is -2.36. The predicted molar refractivity (Wildman–Crippen MR) is 146 cm³/mol. The topological polar surface area (TPSA) is 113 Å². The number of aryl methyl sites for hydroxylation is 1. The Labute approximate surface area is 224 Å². The highest BCUT2D eigenvalue weighted by Crippen LogP contribution is 2.34. The maximum absolute atomic E-state index is 13.8. The highest BCUT2D eigenvalue weighted by atomic mass is 32.2. The number of rotatable bonds is 7. The molecule has 37 heavy (non-hydrogen) atoms. The number of carbonyl (C=O) groups is 3. The van der Waals surface area contributed by atoms with Crippen LogP contribution in [0.15, 0.2) is 28.0 Å². The number of hydrogen-bond donors (Lipinski definition) is 1. The van der Waals surface area contributed by atoms with Crippen LogP contribution in [0.4, 0.5) is 5.82 Å². The number of nitrogens with zero attached hydrogens (tertiary/aromatic N) is 4. The van der Waals surface area contributed by atoms with Crippen LogP contribution in [0.5, 0.6) is 0 Å². The smallest absolute Gasteiger partial charge is 0.308 e. The second kappa shape index (κ2) is 11.0. The van der Waals surface area contributed by atoms with E-state index in [-0.39, 0.29) is 35.2 Å². The van der Waals surface area contributed by atoms with Crippen molar-refractivity contribution >= 4 is 63.6 Å². The predicted octanol–water partition coefficient (Wildman–Crippen LogP) is 2.12. The molecule has 1 N–H and O–H groups in total. The van der Waals surface area contributed by atoms with E-state index in [4.69, 9.17) is 21.9 Å². The SMILES string of the molecule is COC(=O)CC1C(=O)NCCN1c1nc2ccc(C)cn2c(=O)c1/C=C1\SC(=S)N(CCC(C)C)C1=O. The summed E-state index contributed by atoms with van der Waals surface area (Å²) in [5, 5.41) is 2.76. The first-order chi connectivity index (χ1) is 17.6. The molecule has 2 saturated heterocycles. The van der Waals surface area contributed by atoms with Crippen LogP contribution in [0.25, 0.3) is 11.7 Å². The van der Waals surface area contributed by atoms with Crippen molar-refractivity contribution in [1.29, 1.82) is 0 Å². The molecule has 10 nitrogen and oxygen atoms in total. The van der Waals surface area contributed by atoms with Gasteiger partial charge in [0.25, 0.3) is 11.5 Å². The molecule has 2 aromatic rings. The van der Waals surface area contributed by atoms with Crippen LogP contribution in [-0.2, 0) is 19.1 Å². The molecule has 4 rings (SSSR count). The van der Waals surface area contributed by atoms with Crippen molar-refractivity contribution < 1.29 is 19.1 Å². The van der Waals surface area contributed by atoms with Gasteiger partial charge in [-0.25, -0.2) is 4.98 Å². The first kappa shape index (κ1) is 26.8. The third kappa shape index (κ3) is 5.54. The van der Waals surface area contributed by atoms with Gasteiger partial charge in [-0.05, 0) is 37.0 Å². The Morgan fingerprint density at radius 1 is 1.32 bits per heavy atom. The number of hydrogen-bond acceptors (Lipinski definition) is 9. The number of carbonyl (C=O) groups excluding carboxylic acids is 3. The number of aromatic nitrogens is 2. The monoisotopic (exact) mass is 543 g/mol. The maximum atomic E-state index is 13.8. The highest BCUT2D eigenvalue weighted by Gasteiger charge is 2.36. The molecule has 2 aromatic heterocycles. The molecule has 0 aromatic carbocycles. The minimum Gasteiger partial charge on any atom is -0.469 e. The number of amides is 2. The number of ether oxygens (including phenoxy) is 1. The summed E-state index contributed by atoms with van der Waals surface area (Å²) in [6, 6.07) is 2.63. The minimum atomic E-state index is -0.923. The first-order valence-electron chi connectivity index (χ1n) is 12.0. The molecular weight excluding hydrogens is 514 g/mol. The quantitative estimate of drug-likeness (QED) is 0.319. The van der Waals surface area contributed by atoms with Gasteiger partial charge in [-0.2, -0.15) is 0 Å². The number of thiocarbonyl (C=S) groups is 1. The zero-order chi connectivity index (χ0) is 26.9. The summed E-state index contributed by atoms with van der Waals surface area (Å²) < 4.78 is 6.65. The Morgan fingerprint density at radius 3 is 2.78 bits per heavy atom. The molecule has 0 bridgehead atoms. The summed E-state index contributed by atoms with van der Waals surface area (Å²) in [6.45, 7) is 7.13. The fraction of sp³-hybridized carbons (Fsp3) is 0.440. The van der Waals surface area contributed by atoms with Crippen molar-refractivity contribution in [3.63, 3.8) is 0 Å². The third-order valence-corrected chi connectivity index (χ3v) is 7.63. The molecule has 4 heterocycles. The van der Waals surface area contributed by atoms with E-state index in [1.54, 1.807) is 22.1 Å². The molecule has 2 fully saturated rings. The van der Waals surface area contributed by atoms with Crippen LogP contribution in [0, 0.1) is 12.8 Å². The number of methoxy groups -OCH3 is 1. The van der Waals surface area contributed by atoms with E-state index in [0.717, 1.165) is 23.7 Å². The molecule has 0 saturated carbocycles. The first-order valence-corrected chi connectivity index (χ1v) is 13.2. The molecule has 1 atom stereocenters. The number of fused-ring (bicyclic) bond motifs is 1. The van der Waals surface area contributed by atoms with Gasteiger partial charge in [0, 0.05) is 25.8 Å². The van der Waals surface area contributed by atoms with Crippen LogP contribution in [0.3, 0.4) is 0 Å². The van der Waals surface area contributed by atoms with Crippen LogP contribution >= 0.6 is 24.0 Å². The van der Waals surface area contributed by atoms with Crippen LogP contribution in [0.1, 0.15) is 37.8 Å². The second-order valence-corrected chi connectivity index (χ2v) is 11.1. The Bertz CT molecular complexity index is 1370. The Morgan fingerprint density at radius 2 is 2.08 bits per heavy atom. The summed E-state index contributed by atoms with van der Waals surface area (Å²) in [5.74, 6) is -0.570. The summed E-state index contributed by atoms with van der Waals surface area (Å²) >= 11 is 6.59. The minimum absolute atomic E-state index is 0.150. The molecule has 2 amide bonds. The Kier molecular flexibility index (Phi) is 7.98. The van der Waals surface area contributed by atoms with Crippen LogP contribution in [0.2, 0.25) is 0 Å². The van der Waals surface area contributed by atoms with Crippen molar-refractivity contribution in [2.45, 2.75) is 39.7 Å². The van der Waals surface area contributed by atoms with Gasteiger partial charge in [0.15, 0.2) is 0 Å². The lowest BCUT2D eigenvalue weighted by molar-refractivity contribution is -0.143. The molecule has 0 spiro atoms. The van der Waals surface area contributed by atoms with E-state index >= 15 is 0 Å². The average Bonchev–Trinajstić information content (AvgIpc) is 3.12. The maximum Gasteiger partial charge on any atom is 0.308 e. The fourth-order valence-electron chi connectivity index (χ4n) is 4.22. The molecule has 2 aliphatic rings. The highest BCUT2D eigenvalue weighted by molar-refractivity contribution is 8.26. The van der Waals surface area contributed by atoms with Crippen molar-refractivity contribution in [3.8, 4) is 0 Å². The number of piperazine rings is 1. The summed E-state index contributed by atoms with van der Waals surface area (Å²) in [6.07, 6.45) is 3.76. The van der Waals surface area contributed by atoms with Crippen molar-refractivity contribution in [1.82, 2.24) is 19.6 Å². The fourth-order valence-corrected chi connectivity index (χ4v) is 5.51. The normalized spacial score (nSPS) is 19.3. The number of nitrogens with one attached hydrogen (secondary N) is 1. The van der Waals surface area contributed by atoms with Gasteiger partial charge in [0.2, 0.25) is 5.91 Å². The number of pyridine rings is 1. The second-order valence-electron chi connectivity index (χ2n) is 9.39. The molecule has 2 aliphatic heterocycles. The van der Waals surface area contributed by atoms with E-state index in [2.05, 4.69) is 19.2 Å². The Hall–Kier alpha value is -3.25. The lowest BCUT2D eigenvalue weighted by Crippen LogP contribution is -2.57. The largest absolute Gasteiger partial charge is 0.469 e. The number of anilines is 1. The van der Waals surface area contributed by atoms with Crippen LogP contribution < -0.4 is 15.8 Å². The molecular formula is C25H29N5O5S2. The van der Waals surface area contributed by atoms with E-state index in [1.165, 1.54) is 17.6 Å². The van der Waals surface area contributed by atoms with E-state index < -0.39 is 12.0 Å². The summed E-state index contributed by atoms with van der Waals surface area (Å²) in [5.41, 5.74) is 1.00. The van der Waals surface area contributed by atoms with E-state index in [0.29, 0.717) is 40.4 Å². The van der Waals surface area contributed by atoms with Gasteiger partial charge >= 0.3 is 5.97 Å². The summed E-state index contributed by atoms with van der Waals surface area (Å²) in [4.78, 5) is 60.1. The van der Waals surface area contributed by atoms with Gasteiger partial charge < -0.3 is 15.0 Å². The zero-order valence-corrected chi connectivity index (χ0v) is 22.8. The number of esters is 1. The van der Waals surface area contributed by atoms with Gasteiger partial charge in [-0.1, -0.05) is 43.9 Å². The molecule has 12 heteroatoms. The molecule has 0 aliphatic carbocycles. The van der Waals surface area contributed by atoms with Gasteiger partial charge in [0.1, 0.15) is 21.8 Å². The van der Waals surface area contributed by atoms with Crippen molar-refractivity contribution in [2.75, 3.05) is 31.6 Å². The molecule has 196 valence electrons. The zero-order valence-electron chi connectivity index (χ0n) is 21.1. The van der Waals surface area contributed by atoms with Gasteiger partial charge in [0.05, 0.1) is 24.0 Å². The van der Waals surface area contributed by atoms with Gasteiger partial charge in [-0.15, -0.1) is 0 Å². The third-order valence-electron chi connectivity index (χ3n) is 6.26. The van der Waals surface area contributed by atoms with E-state index in [9.17, 15) is 19.2 Å². The standard InChI is InChI=1S/C25H29N5O5S2/c1-14(2)7-9-29-24(34)18(37-25(29)36)11-16-21(27-19-6-5-15(3)13-30(19)23(16)33)28-10-8-26-22(32)17(28)12-20(31)35-4/h5-6,11,13-14,17H,7-10,12H2,1-4H3,(H,26,32)/b18-11-.